The number of benzene rings is 1. The first-order valence-corrected chi connectivity index (χ1v) is 13.3. The fourth-order valence-corrected chi connectivity index (χ4v) is 4.63. The molecular formula is C26H33F6N7O2. The summed E-state index contributed by atoms with van der Waals surface area (Å²) in [6, 6.07) is 4.35. The summed E-state index contributed by atoms with van der Waals surface area (Å²) in [5, 5.41) is 5.27. The molecule has 9 nitrogen and oxygen atoms in total. The van der Waals surface area contributed by atoms with Crippen molar-refractivity contribution in [1.29, 1.82) is 0 Å². The van der Waals surface area contributed by atoms with Crippen molar-refractivity contribution in [3.05, 3.63) is 35.5 Å². The van der Waals surface area contributed by atoms with Gasteiger partial charge in [-0.2, -0.15) is 18.2 Å². The quantitative estimate of drug-likeness (QED) is 0.313. The van der Waals surface area contributed by atoms with Gasteiger partial charge in [-0.3, -0.25) is 4.79 Å². The molecule has 4 rings (SSSR count). The van der Waals surface area contributed by atoms with E-state index in [1.807, 2.05) is 11.9 Å². The van der Waals surface area contributed by atoms with Crippen LogP contribution < -0.4 is 15.5 Å². The molecule has 2 aliphatic heterocycles. The highest BCUT2D eigenvalue weighted by molar-refractivity contribution is 5.76. The number of nitrogens with zero attached hydrogens (tertiary/aromatic N) is 5. The normalized spacial score (nSPS) is 18.0. The minimum Gasteiger partial charge on any atom is -0.379 e. The van der Waals surface area contributed by atoms with Crippen molar-refractivity contribution < 1.29 is 35.9 Å². The lowest BCUT2D eigenvalue weighted by Crippen LogP contribution is -2.44. The van der Waals surface area contributed by atoms with Crippen LogP contribution in [0.4, 0.5) is 49.5 Å². The van der Waals surface area contributed by atoms with E-state index < -0.39 is 30.2 Å². The SMILES string of the molecule is CN1CCN(c2ccc(Nc3ncc(C(F)(F)F)c(NCCCN4CCOCCC4=O)n3)c(C(F)C(F)F)c2)CC1. The van der Waals surface area contributed by atoms with Gasteiger partial charge in [-0.15, -0.1) is 0 Å². The van der Waals surface area contributed by atoms with Crippen LogP contribution in [0.1, 0.15) is 30.1 Å². The van der Waals surface area contributed by atoms with Crippen LogP contribution in [0, 0.1) is 0 Å². The Morgan fingerprint density at radius 3 is 2.54 bits per heavy atom. The number of halogens is 6. The predicted octanol–water partition coefficient (Wildman–Crippen LogP) is 4.32. The second kappa shape index (κ2) is 13.6. The van der Waals surface area contributed by atoms with Crippen molar-refractivity contribution in [2.24, 2.45) is 0 Å². The highest BCUT2D eigenvalue weighted by Gasteiger charge is 2.35. The molecule has 2 saturated heterocycles. The molecule has 0 spiro atoms. The summed E-state index contributed by atoms with van der Waals surface area (Å²) < 4.78 is 87.8. The molecule has 15 heteroatoms. The summed E-state index contributed by atoms with van der Waals surface area (Å²) in [4.78, 5) is 25.4. The largest absolute Gasteiger partial charge is 0.421 e. The molecule has 2 aliphatic rings. The summed E-state index contributed by atoms with van der Waals surface area (Å²) in [5.74, 6) is -0.936. The zero-order valence-electron chi connectivity index (χ0n) is 22.6. The number of anilines is 4. The Balaban J connectivity index is 1.51. The molecule has 3 heterocycles. The number of carbonyl (C=O) groups is 1. The molecule has 2 aromatic rings. The Morgan fingerprint density at radius 1 is 1.07 bits per heavy atom. The molecule has 1 unspecified atom stereocenters. The lowest BCUT2D eigenvalue weighted by atomic mass is 10.1. The lowest BCUT2D eigenvalue weighted by molar-refractivity contribution is -0.137. The molecule has 1 aromatic carbocycles. The second-order valence-electron chi connectivity index (χ2n) is 9.90. The highest BCUT2D eigenvalue weighted by atomic mass is 19.4. The van der Waals surface area contributed by atoms with Gasteiger partial charge in [0.05, 0.1) is 19.6 Å². The van der Waals surface area contributed by atoms with Crippen LogP contribution in [0.15, 0.2) is 24.4 Å². The number of hydrogen-bond acceptors (Lipinski definition) is 8. The fourth-order valence-electron chi connectivity index (χ4n) is 4.63. The van der Waals surface area contributed by atoms with Gasteiger partial charge in [0.2, 0.25) is 11.9 Å². The molecule has 1 aromatic heterocycles. The van der Waals surface area contributed by atoms with E-state index in [0.29, 0.717) is 57.7 Å². The Labute approximate surface area is 233 Å². The van der Waals surface area contributed by atoms with Crippen molar-refractivity contribution >= 4 is 29.0 Å². The zero-order chi connectivity index (χ0) is 29.6. The van der Waals surface area contributed by atoms with Gasteiger partial charge in [0, 0.05) is 68.9 Å². The van der Waals surface area contributed by atoms with E-state index in [0.717, 1.165) is 13.1 Å². The fraction of sp³-hybridized carbons (Fsp3) is 0.577. The predicted molar refractivity (Wildman–Crippen MR) is 141 cm³/mol. The van der Waals surface area contributed by atoms with Gasteiger partial charge >= 0.3 is 6.18 Å². The standard InChI is InChI=1S/C26H33F6N7O2/c1-37-8-10-38(11-9-37)17-3-4-20(18(15-17)22(27)23(28)29)35-25-34-16-19(26(30,31)32)24(36-25)33-6-2-7-39-12-14-41-13-5-21(39)40/h3-4,15-16,22-23H,2,5-14H2,1H3,(H2,33,34,35,36). The van der Waals surface area contributed by atoms with E-state index in [9.17, 15) is 31.1 Å². The van der Waals surface area contributed by atoms with Gasteiger partial charge in [-0.05, 0) is 31.7 Å². The van der Waals surface area contributed by atoms with Gasteiger partial charge in [-0.25, -0.2) is 18.2 Å². The highest BCUT2D eigenvalue weighted by Crippen LogP contribution is 2.37. The number of alkyl halides is 6. The summed E-state index contributed by atoms with van der Waals surface area (Å²) in [6.07, 6.45) is -9.56. The van der Waals surface area contributed by atoms with E-state index in [-0.39, 0.29) is 36.1 Å². The van der Waals surface area contributed by atoms with Gasteiger partial charge < -0.3 is 30.1 Å². The number of carbonyl (C=O) groups excluding carboxylic acids is 1. The average molecular weight is 590 g/mol. The van der Waals surface area contributed by atoms with Crippen LogP contribution in [0.2, 0.25) is 0 Å². The number of aromatic nitrogens is 2. The average Bonchev–Trinajstić information content (AvgIpc) is 3.14. The molecule has 2 fully saturated rings. The van der Waals surface area contributed by atoms with Crippen molar-refractivity contribution in [2.75, 3.05) is 81.6 Å². The van der Waals surface area contributed by atoms with E-state index >= 15 is 0 Å². The Hall–Kier alpha value is -3.33. The minimum atomic E-state index is -4.77. The van der Waals surface area contributed by atoms with Crippen LogP contribution >= 0.6 is 0 Å². The van der Waals surface area contributed by atoms with Crippen LogP contribution in [0.25, 0.3) is 0 Å². The van der Waals surface area contributed by atoms with E-state index in [4.69, 9.17) is 4.74 Å². The first-order chi connectivity index (χ1) is 19.5. The van der Waals surface area contributed by atoms with E-state index in [1.54, 1.807) is 11.0 Å². The molecule has 0 saturated carbocycles. The molecule has 1 atom stereocenters. The van der Waals surface area contributed by atoms with Gasteiger partial charge in [-0.1, -0.05) is 0 Å². The zero-order valence-corrected chi connectivity index (χ0v) is 22.6. The van der Waals surface area contributed by atoms with Crippen LogP contribution in [-0.4, -0.2) is 98.2 Å². The van der Waals surface area contributed by atoms with Crippen molar-refractivity contribution in [3.63, 3.8) is 0 Å². The number of hydrogen-bond donors (Lipinski definition) is 2. The summed E-state index contributed by atoms with van der Waals surface area (Å²) >= 11 is 0. The smallest absolute Gasteiger partial charge is 0.379 e. The van der Waals surface area contributed by atoms with Gasteiger partial charge in [0.1, 0.15) is 11.4 Å². The maximum absolute atomic E-state index is 14.7. The van der Waals surface area contributed by atoms with E-state index in [1.165, 1.54) is 12.1 Å². The number of likely N-dealkylation sites (N-methyl/N-ethyl adjacent to an activating group) is 1. The van der Waals surface area contributed by atoms with Gasteiger partial charge in [0.15, 0.2) is 6.17 Å². The first-order valence-electron chi connectivity index (χ1n) is 13.3. The summed E-state index contributed by atoms with van der Waals surface area (Å²) in [7, 11) is 1.96. The lowest BCUT2D eigenvalue weighted by Gasteiger charge is -2.34. The molecule has 0 aliphatic carbocycles. The minimum absolute atomic E-state index is 0.0626. The van der Waals surface area contributed by atoms with E-state index in [2.05, 4.69) is 25.5 Å². The van der Waals surface area contributed by atoms with Crippen LogP contribution in [0.5, 0.6) is 0 Å². The van der Waals surface area contributed by atoms with Crippen molar-refractivity contribution in [3.8, 4) is 0 Å². The van der Waals surface area contributed by atoms with Crippen LogP contribution in [0.3, 0.4) is 0 Å². The third-order valence-electron chi connectivity index (χ3n) is 6.98. The number of ether oxygens (including phenoxy) is 1. The molecule has 1 amide bonds. The molecular weight excluding hydrogens is 556 g/mol. The maximum atomic E-state index is 14.7. The molecule has 41 heavy (non-hydrogen) atoms. The summed E-state index contributed by atoms with van der Waals surface area (Å²) in [5.41, 5.74) is -0.986. The van der Waals surface area contributed by atoms with Crippen LogP contribution in [-0.2, 0) is 15.7 Å². The second-order valence-corrected chi connectivity index (χ2v) is 9.90. The number of rotatable bonds is 10. The third kappa shape index (κ3) is 8.12. The maximum Gasteiger partial charge on any atom is 0.421 e. The topological polar surface area (TPSA) is 85.9 Å². The van der Waals surface area contributed by atoms with Crippen molar-refractivity contribution in [2.45, 2.75) is 31.6 Å². The van der Waals surface area contributed by atoms with Crippen molar-refractivity contribution in [1.82, 2.24) is 19.8 Å². The Bertz CT molecular complexity index is 1180. The Morgan fingerprint density at radius 2 is 1.83 bits per heavy atom. The monoisotopic (exact) mass is 589 g/mol. The van der Waals surface area contributed by atoms with Gasteiger partial charge in [0.25, 0.3) is 6.43 Å². The number of nitrogens with one attached hydrogen (secondary N) is 2. The summed E-state index contributed by atoms with van der Waals surface area (Å²) in [6.45, 7) is 4.27. The number of piperazine rings is 1. The molecule has 0 radical (unpaired) electrons. The number of amides is 1. The Kier molecular flexibility index (Phi) is 10.1. The third-order valence-corrected chi connectivity index (χ3v) is 6.98. The molecule has 2 N–H and O–H groups in total. The molecule has 226 valence electrons. The molecule has 0 bridgehead atoms. The first kappa shape index (κ1) is 30.6.